The van der Waals surface area contributed by atoms with Crippen molar-refractivity contribution in [2.45, 2.75) is 26.0 Å². The number of Topliss-reactive ketones (excluding diaryl/α,β-unsaturated/α-hetero) is 1. The van der Waals surface area contributed by atoms with Crippen molar-refractivity contribution in [2.24, 2.45) is 0 Å². The van der Waals surface area contributed by atoms with Crippen molar-refractivity contribution in [2.75, 3.05) is 4.90 Å². The number of carbonyl (C=O) groups excluding carboxylic acids is 2. The van der Waals surface area contributed by atoms with Crippen molar-refractivity contribution < 1.29 is 23.8 Å². The van der Waals surface area contributed by atoms with Gasteiger partial charge in [0.1, 0.15) is 17.3 Å². The van der Waals surface area contributed by atoms with E-state index in [2.05, 4.69) is 0 Å². The van der Waals surface area contributed by atoms with Gasteiger partial charge in [0.15, 0.2) is 0 Å². The monoisotopic (exact) mass is 431 g/mol. The van der Waals surface area contributed by atoms with E-state index in [9.17, 15) is 19.1 Å². The van der Waals surface area contributed by atoms with Gasteiger partial charge in [-0.1, -0.05) is 30.3 Å². The maximum atomic E-state index is 13.6. The van der Waals surface area contributed by atoms with Crippen LogP contribution in [-0.4, -0.2) is 22.9 Å². The molecular formula is C26H22FNO4. The van der Waals surface area contributed by atoms with Gasteiger partial charge in [0, 0.05) is 11.3 Å². The second kappa shape index (κ2) is 8.67. The third kappa shape index (κ3) is 3.99. The van der Waals surface area contributed by atoms with Crippen molar-refractivity contribution >= 4 is 23.1 Å². The Hall–Kier alpha value is -3.93. The third-order valence-electron chi connectivity index (χ3n) is 5.16. The standard InChI is InChI=1S/C26H22FNO4/c1-16(2)32-21-14-10-18(11-15-21)24(29)22-23(17-8-12-19(27)13-9-17)28(26(31)25(22)30)20-6-4-3-5-7-20/h3-16,23,29H,1-2H3/b24-22-. The van der Waals surface area contributed by atoms with Gasteiger partial charge in [-0.3, -0.25) is 14.5 Å². The van der Waals surface area contributed by atoms with Gasteiger partial charge in [0.25, 0.3) is 11.7 Å². The lowest BCUT2D eigenvalue weighted by Gasteiger charge is -2.25. The van der Waals surface area contributed by atoms with E-state index >= 15 is 0 Å². The molecule has 0 radical (unpaired) electrons. The normalized spacial score (nSPS) is 17.8. The number of rotatable bonds is 5. The lowest BCUT2D eigenvalue weighted by molar-refractivity contribution is -0.132. The van der Waals surface area contributed by atoms with Crippen LogP contribution in [0.25, 0.3) is 5.76 Å². The Kier molecular flexibility index (Phi) is 5.77. The Morgan fingerprint density at radius 1 is 0.938 bits per heavy atom. The molecule has 1 aliphatic heterocycles. The lowest BCUT2D eigenvalue weighted by atomic mass is 9.95. The molecule has 162 valence electrons. The van der Waals surface area contributed by atoms with Gasteiger partial charge < -0.3 is 9.84 Å². The number of amides is 1. The minimum absolute atomic E-state index is 0.0101. The van der Waals surface area contributed by atoms with E-state index < -0.39 is 23.5 Å². The number of benzene rings is 3. The molecule has 0 spiro atoms. The molecule has 1 aliphatic rings. The molecule has 32 heavy (non-hydrogen) atoms. The van der Waals surface area contributed by atoms with Crippen LogP contribution in [0.15, 0.2) is 84.4 Å². The summed E-state index contributed by atoms with van der Waals surface area (Å²) < 4.78 is 19.2. The van der Waals surface area contributed by atoms with E-state index in [1.165, 1.54) is 29.2 Å². The summed E-state index contributed by atoms with van der Waals surface area (Å²) in [6.07, 6.45) is -0.0101. The molecule has 1 amide bonds. The predicted molar refractivity (Wildman–Crippen MR) is 120 cm³/mol. The molecule has 1 fully saturated rings. The maximum Gasteiger partial charge on any atom is 0.300 e. The number of aliphatic hydroxyl groups is 1. The fraction of sp³-hybridized carbons (Fsp3) is 0.154. The molecule has 1 atom stereocenters. The molecule has 1 heterocycles. The third-order valence-corrected chi connectivity index (χ3v) is 5.16. The van der Waals surface area contributed by atoms with Crippen LogP contribution in [0.5, 0.6) is 5.75 Å². The summed E-state index contributed by atoms with van der Waals surface area (Å²) in [4.78, 5) is 27.4. The number of ketones is 1. The summed E-state index contributed by atoms with van der Waals surface area (Å²) in [7, 11) is 0. The summed E-state index contributed by atoms with van der Waals surface area (Å²) in [6, 6.07) is 20.0. The quantitative estimate of drug-likeness (QED) is 0.341. The second-order valence-corrected chi connectivity index (χ2v) is 7.75. The first kappa shape index (κ1) is 21.3. The average molecular weight is 431 g/mol. The van der Waals surface area contributed by atoms with Crippen molar-refractivity contribution in [1.82, 2.24) is 0 Å². The first-order chi connectivity index (χ1) is 15.4. The molecule has 0 bridgehead atoms. The van der Waals surface area contributed by atoms with Gasteiger partial charge >= 0.3 is 0 Å². The van der Waals surface area contributed by atoms with Gasteiger partial charge in [-0.2, -0.15) is 0 Å². The lowest BCUT2D eigenvalue weighted by Crippen LogP contribution is -2.29. The second-order valence-electron chi connectivity index (χ2n) is 7.75. The average Bonchev–Trinajstić information content (AvgIpc) is 3.05. The summed E-state index contributed by atoms with van der Waals surface area (Å²) in [5.41, 5.74) is 1.33. The van der Waals surface area contributed by atoms with Crippen LogP contribution in [0.3, 0.4) is 0 Å². The fourth-order valence-electron chi connectivity index (χ4n) is 3.77. The molecule has 4 rings (SSSR count). The highest BCUT2D eigenvalue weighted by Crippen LogP contribution is 2.42. The van der Waals surface area contributed by atoms with Crippen LogP contribution in [0.1, 0.15) is 31.0 Å². The number of hydrogen-bond donors (Lipinski definition) is 1. The highest BCUT2D eigenvalue weighted by atomic mass is 19.1. The zero-order chi connectivity index (χ0) is 22.8. The van der Waals surface area contributed by atoms with Crippen LogP contribution >= 0.6 is 0 Å². The Bertz CT molecular complexity index is 1170. The van der Waals surface area contributed by atoms with Crippen molar-refractivity contribution in [3.8, 4) is 5.75 Å². The molecule has 0 aliphatic carbocycles. The Morgan fingerprint density at radius 2 is 1.56 bits per heavy atom. The molecular weight excluding hydrogens is 409 g/mol. The van der Waals surface area contributed by atoms with Crippen LogP contribution in [0.2, 0.25) is 0 Å². The molecule has 6 heteroatoms. The largest absolute Gasteiger partial charge is 0.507 e. The molecule has 3 aromatic rings. The van der Waals surface area contributed by atoms with E-state index in [1.54, 1.807) is 54.6 Å². The zero-order valence-corrected chi connectivity index (χ0v) is 17.7. The number of para-hydroxylation sites is 1. The van der Waals surface area contributed by atoms with Crippen LogP contribution in [0, 0.1) is 5.82 Å². The van der Waals surface area contributed by atoms with E-state index in [4.69, 9.17) is 4.74 Å². The van der Waals surface area contributed by atoms with Crippen molar-refractivity contribution in [1.29, 1.82) is 0 Å². The van der Waals surface area contributed by atoms with Gasteiger partial charge in [0.05, 0.1) is 17.7 Å². The number of aliphatic hydroxyl groups excluding tert-OH is 1. The van der Waals surface area contributed by atoms with E-state index in [1.807, 2.05) is 13.8 Å². The minimum Gasteiger partial charge on any atom is -0.507 e. The SMILES string of the molecule is CC(C)Oc1ccc(/C(O)=C2/C(=O)C(=O)N(c3ccccc3)C2c2ccc(F)cc2)cc1. The first-order valence-corrected chi connectivity index (χ1v) is 10.3. The van der Waals surface area contributed by atoms with E-state index in [0.29, 0.717) is 22.6 Å². The molecule has 0 saturated carbocycles. The van der Waals surface area contributed by atoms with Gasteiger partial charge in [-0.15, -0.1) is 0 Å². The summed E-state index contributed by atoms with van der Waals surface area (Å²) in [5.74, 6) is -1.68. The Labute approximate surface area is 185 Å². The predicted octanol–water partition coefficient (Wildman–Crippen LogP) is 5.24. The number of halogens is 1. The number of hydrogen-bond acceptors (Lipinski definition) is 4. The van der Waals surface area contributed by atoms with Crippen molar-refractivity contribution in [3.63, 3.8) is 0 Å². The highest BCUT2D eigenvalue weighted by molar-refractivity contribution is 6.51. The van der Waals surface area contributed by atoms with Crippen LogP contribution in [-0.2, 0) is 9.59 Å². The van der Waals surface area contributed by atoms with Gasteiger partial charge in [-0.25, -0.2) is 4.39 Å². The maximum absolute atomic E-state index is 13.6. The van der Waals surface area contributed by atoms with E-state index in [-0.39, 0.29) is 17.4 Å². The summed E-state index contributed by atoms with van der Waals surface area (Å²) in [6.45, 7) is 3.81. The van der Waals surface area contributed by atoms with Crippen LogP contribution in [0.4, 0.5) is 10.1 Å². The number of carbonyl (C=O) groups is 2. The molecule has 1 unspecified atom stereocenters. The molecule has 0 aromatic heterocycles. The smallest absolute Gasteiger partial charge is 0.300 e. The van der Waals surface area contributed by atoms with Gasteiger partial charge in [0.2, 0.25) is 0 Å². The van der Waals surface area contributed by atoms with Crippen molar-refractivity contribution in [3.05, 3.63) is 101 Å². The Balaban J connectivity index is 1.85. The molecule has 5 nitrogen and oxygen atoms in total. The van der Waals surface area contributed by atoms with E-state index in [0.717, 1.165) is 0 Å². The topological polar surface area (TPSA) is 66.8 Å². The number of ether oxygens (including phenoxy) is 1. The summed E-state index contributed by atoms with van der Waals surface area (Å²) >= 11 is 0. The number of nitrogens with zero attached hydrogens (tertiary/aromatic N) is 1. The number of anilines is 1. The molecule has 1 N–H and O–H groups in total. The fourth-order valence-corrected chi connectivity index (χ4v) is 3.77. The van der Waals surface area contributed by atoms with Crippen LogP contribution < -0.4 is 9.64 Å². The molecule has 1 saturated heterocycles. The highest BCUT2D eigenvalue weighted by Gasteiger charge is 2.46. The Morgan fingerprint density at radius 3 is 2.16 bits per heavy atom. The summed E-state index contributed by atoms with van der Waals surface area (Å²) in [5, 5.41) is 11.1. The molecule has 3 aromatic carbocycles. The first-order valence-electron chi connectivity index (χ1n) is 10.3. The minimum atomic E-state index is -0.899. The van der Waals surface area contributed by atoms with Gasteiger partial charge in [-0.05, 0) is 67.9 Å². The zero-order valence-electron chi connectivity index (χ0n) is 17.7.